The molecule has 150 valence electrons. The summed E-state index contributed by atoms with van der Waals surface area (Å²) in [4.78, 5) is 31.6. The maximum absolute atomic E-state index is 13.4. The molecule has 0 bridgehead atoms. The number of carbonyl (C=O) groups is 2. The van der Waals surface area contributed by atoms with Gasteiger partial charge in [0.1, 0.15) is 0 Å². The van der Waals surface area contributed by atoms with Crippen LogP contribution < -0.4 is 5.73 Å². The number of hydrogen-bond acceptors (Lipinski definition) is 4. The molecule has 0 radical (unpaired) electrons. The van der Waals surface area contributed by atoms with Crippen molar-refractivity contribution in [3.8, 4) is 0 Å². The smallest absolute Gasteiger partial charge is 0.254 e. The fourth-order valence-corrected chi connectivity index (χ4v) is 4.07. The second-order valence-electron chi connectivity index (χ2n) is 9.20. The summed E-state index contributed by atoms with van der Waals surface area (Å²) in [6, 6.07) is 1.98. The highest BCUT2D eigenvalue weighted by atomic mass is 16.2. The van der Waals surface area contributed by atoms with Crippen LogP contribution in [0.1, 0.15) is 74.1 Å². The van der Waals surface area contributed by atoms with Crippen molar-refractivity contribution in [2.24, 2.45) is 11.7 Å². The minimum atomic E-state index is -0.267. The number of hydrogen-bond donors (Lipinski definition) is 1. The summed E-state index contributed by atoms with van der Waals surface area (Å²) in [6.07, 6.45) is 3.51. The number of nitrogens with zero attached hydrogens (tertiary/aromatic N) is 4. The molecule has 2 amide bonds. The van der Waals surface area contributed by atoms with E-state index in [2.05, 4.69) is 20.8 Å². The number of fused-ring (bicyclic) bond motifs is 1. The topological polar surface area (TPSA) is 94.1 Å². The van der Waals surface area contributed by atoms with E-state index in [0.29, 0.717) is 37.4 Å². The predicted octanol–water partition coefficient (Wildman–Crippen LogP) is 2.71. The highest BCUT2D eigenvalue weighted by Gasteiger charge is 2.33. The molecule has 0 spiro atoms. The van der Waals surface area contributed by atoms with Crippen LogP contribution in [0.5, 0.6) is 0 Å². The Kier molecular flexibility index (Phi) is 4.43. The molecule has 7 nitrogen and oxygen atoms in total. The SMILES string of the molecule is Cc1nn(C(C)(C)C)c2nc(C3CC3)cc(C(=O)N3CCC(C(N)=O)CC3)c12. The molecule has 0 aromatic carbocycles. The maximum atomic E-state index is 13.4. The lowest BCUT2D eigenvalue weighted by atomic mass is 9.95. The van der Waals surface area contributed by atoms with Gasteiger partial charge in [0.2, 0.25) is 5.91 Å². The van der Waals surface area contributed by atoms with E-state index in [4.69, 9.17) is 15.8 Å². The van der Waals surface area contributed by atoms with Gasteiger partial charge < -0.3 is 10.6 Å². The maximum Gasteiger partial charge on any atom is 0.254 e. The van der Waals surface area contributed by atoms with E-state index < -0.39 is 0 Å². The van der Waals surface area contributed by atoms with Gasteiger partial charge in [0, 0.05) is 30.6 Å². The van der Waals surface area contributed by atoms with Gasteiger partial charge in [-0.2, -0.15) is 5.10 Å². The van der Waals surface area contributed by atoms with Crippen molar-refractivity contribution in [2.75, 3.05) is 13.1 Å². The van der Waals surface area contributed by atoms with E-state index in [1.54, 1.807) is 0 Å². The molecule has 28 heavy (non-hydrogen) atoms. The first-order valence-corrected chi connectivity index (χ1v) is 10.2. The Hall–Kier alpha value is -2.44. The third kappa shape index (κ3) is 3.27. The van der Waals surface area contributed by atoms with Crippen molar-refractivity contribution in [3.63, 3.8) is 0 Å². The number of likely N-dealkylation sites (tertiary alicyclic amines) is 1. The molecule has 2 N–H and O–H groups in total. The summed E-state index contributed by atoms with van der Waals surface area (Å²) < 4.78 is 1.94. The molecule has 3 heterocycles. The number of aryl methyl sites for hydroxylation is 1. The number of amides is 2. The molecule has 2 aromatic heterocycles. The fraction of sp³-hybridized carbons (Fsp3) is 0.619. The zero-order valence-electron chi connectivity index (χ0n) is 17.2. The van der Waals surface area contributed by atoms with E-state index in [1.807, 2.05) is 22.6 Å². The van der Waals surface area contributed by atoms with Gasteiger partial charge in [-0.25, -0.2) is 9.67 Å². The standard InChI is InChI=1S/C21H29N5O2/c1-12-17-15(20(28)25-9-7-14(8-10-25)18(22)27)11-16(13-5-6-13)23-19(17)26(24-12)21(2,3)4/h11,13-14H,5-10H2,1-4H3,(H2,22,27). The Morgan fingerprint density at radius 1 is 1.14 bits per heavy atom. The molecule has 1 saturated carbocycles. The number of nitrogens with two attached hydrogens (primary N) is 1. The molecule has 4 rings (SSSR count). The van der Waals surface area contributed by atoms with Crippen molar-refractivity contribution in [2.45, 2.75) is 64.8 Å². The molecule has 2 aromatic rings. The molecule has 2 aliphatic rings. The van der Waals surface area contributed by atoms with Gasteiger partial charge in [0.25, 0.3) is 5.91 Å². The van der Waals surface area contributed by atoms with Crippen molar-refractivity contribution in [3.05, 3.63) is 23.0 Å². The van der Waals surface area contributed by atoms with Gasteiger partial charge >= 0.3 is 0 Å². The molecule has 1 aliphatic heterocycles. The van der Waals surface area contributed by atoms with Gasteiger partial charge in [-0.15, -0.1) is 0 Å². The van der Waals surface area contributed by atoms with Gasteiger partial charge in [-0.1, -0.05) is 0 Å². The lowest BCUT2D eigenvalue weighted by Gasteiger charge is -2.31. The monoisotopic (exact) mass is 383 g/mol. The van der Waals surface area contributed by atoms with Crippen molar-refractivity contribution < 1.29 is 9.59 Å². The van der Waals surface area contributed by atoms with Crippen molar-refractivity contribution >= 4 is 22.8 Å². The number of rotatable bonds is 3. The van der Waals surface area contributed by atoms with Gasteiger partial charge in [0.05, 0.1) is 22.2 Å². The van der Waals surface area contributed by atoms with Gasteiger partial charge in [0.15, 0.2) is 5.65 Å². The van der Waals surface area contributed by atoms with Crippen LogP contribution in [0.2, 0.25) is 0 Å². The Morgan fingerprint density at radius 2 is 1.79 bits per heavy atom. The first-order chi connectivity index (χ1) is 13.2. The summed E-state index contributed by atoms with van der Waals surface area (Å²) in [5, 5.41) is 5.58. The summed E-state index contributed by atoms with van der Waals surface area (Å²) in [5.41, 5.74) is 8.53. The van der Waals surface area contributed by atoms with Crippen LogP contribution >= 0.6 is 0 Å². The van der Waals surface area contributed by atoms with Gasteiger partial charge in [-0.05, 0) is 59.4 Å². The molecular formula is C21H29N5O2. The summed E-state index contributed by atoms with van der Waals surface area (Å²) in [6.45, 7) is 9.35. The van der Waals surface area contributed by atoms with Crippen LogP contribution in [0.15, 0.2) is 6.07 Å². The second-order valence-corrected chi connectivity index (χ2v) is 9.20. The highest BCUT2D eigenvalue weighted by Crippen LogP contribution is 2.41. The van der Waals surface area contributed by atoms with Gasteiger partial charge in [-0.3, -0.25) is 9.59 Å². The number of piperidine rings is 1. The largest absolute Gasteiger partial charge is 0.369 e. The third-order valence-electron chi connectivity index (χ3n) is 5.88. The Balaban J connectivity index is 1.77. The molecule has 1 aliphatic carbocycles. The zero-order chi connectivity index (χ0) is 20.2. The van der Waals surface area contributed by atoms with Crippen LogP contribution in [0, 0.1) is 12.8 Å². The molecule has 0 atom stereocenters. The number of primary amides is 1. The first-order valence-electron chi connectivity index (χ1n) is 10.2. The molecule has 7 heteroatoms. The minimum Gasteiger partial charge on any atom is -0.369 e. The minimum absolute atomic E-state index is 0.00813. The number of carbonyl (C=O) groups excluding carboxylic acids is 2. The van der Waals surface area contributed by atoms with E-state index in [1.165, 1.54) is 0 Å². The Morgan fingerprint density at radius 3 is 2.32 bits per heavy atom. The van der Waals surface area contributed by atoms with E-state index >= 15 is 0 Å². The Bertz CT molecular complexity index is 944. The molecule has 1 saturated heterocycles. The second kappa shape index (κ2) is 6.57. The van der Waals surface area contributed by atoms with Crippen molar-refractivity contribution in [1.82, 2.24) is 19.7 Å². The predicted molar refractivity (Wildman–Crippen MR) is 107 cm³/mol. The summed E-state index contributed by atoms with van der Waals surface area (Å²) >= 11 is 0. The molecular weight excluding hydrogens is 354 g/mol. The summed E-state index contributed by atoms with van der Waals surface area (Å²) in [5.74, 6) is 0.0552. The fourth-order valence-electron chi connectivity index (χ4n) is 4.07. The van der Waals surface area contributed by atoms with Crippen LogP contribution in [0.25, 0.3) is 11.0 Å². The first kappa shape index (κ1) is 18.9. The lowest BCUT2D eigenvalue weighted by molar-refractivity contribution is -0.123. The zero-order valence-corrected chi connectivity index (χ0v) is 17.2. The average molecular weight is 383 g/mol. The normalized spacial score (nSPS) is 18.6. The summed E-state index contributed by atoms with van der Waals surface area (Å²) in [7, 11) is 0. The molecule has 2 fully saturated rings. The number of aromatic nitrogens is 3. The highest BCUT2D eigenvalue weighted by molar-refractivity contribution is 6.06. The number of pyridine rings is 1. The van der Waals surface area contributed by atoms with E-state index in [-0.39, 0.29) is 23.3 Å². The van der Waals surface area contributed by atoms with Crippen LogP contribution in [-0.2, 0) is 10.3 Å². The Labute approximate surface area is 165 Å². The average Bonchev–Trinajstić information content (AvgIpc) is 3.43. The third-order valence-corrected chi connectivity index (χ3v) is 5.88. The quantitative estimate of drug-likeness (QED) is 0.882. The lowest BCUT2D eigenvalue weighted by Crippen LogP contribution is -2.41. The van der Waals surface area contributed by atoms with Crippen molar-refractivity contribution in [1.29, 1.82) is 0 Å². The van der Waals surface area contributed by atoms with Crippen LogP contribution in [0.3, 0.4) is 0 Å². The molecule has 0 unspecified atom stereocenters. The van der Waals surface area contributed by atoms with E-state index in [9.17, 15) is 9.59 Å². The van der Waals surface area contributed by atoms with Crippen LogP contribution in [0.4, 0.5) is 0 Å². The van der Waals surface area contributed by atoms with Crippen LogP contribution in [-0.4, -0.2) is 44.6 Å². The van der Waals surface area contributed by atoms with E-state index in [0.717, 1.165) is 35.3 Å².